The highest BCUT2D eigenvalue weighted by Crippen LogP contribution is 2.37. The van der Waals surface area contributed by atoms with E-state index in [1.807, 2.05) is 18.7 Å². The molecule has 9 heteroatoms. The number of aryl methyl sites for hydroxylation is 3. The molecule has 1 saturated heterocycles. The van der Waals surface area contributed by atoms with E-state index < -0.39 is 0 Å². The molecule has 0 spiro atoms. The number of carbonyl (C=O) groups excluding carboxylic acids is 1. The first kappa shape index (κ1) is 24.2. The molecule has 2 aromatic heterocycles. The van der Waals surface area contributed by atoms with Crippen LogP contribution in [0.1, 0.15) is 64.7 Å². The summed E-state index contributed by atoms with van der Waals surface area (Å²) in [5.74, 6) is -0.225. The van der Waals surface area contributed by atoms with Gasteiger partial charge >= 0.3 is 5.97 Å². The maximum Gasteiger partial charge on any atom is 0.341 e. The molecular formula is C24H35N5O2S2. The zero-order valence-electron chi connectivity index (χ0n) is 20.0. The Morgan fingerprint density at radius 2 is 1.91 bits per heavy atom. The highest BCUT2D eigenvalue weighted by Gasteiger charge is 2.27. The van der Waals surface area contributed by atoms with Gasteiger partial charge in [0.2, 0.25) is 0 Å². The zero-order valence-corrected chi connectivity index (χ0v) is 21.6. The summed E-state index contributed by atoms with van der Waals surface area (Å²) in [4.78, 5) is 18.9. The molecular weight excluding hydrogens is 454 g/mol. The number of thiophene rings is 1. The second-order valence-corrected chi connectivity index (χ2v) is 10.4. The quantitative estimate of drug-likeness (QED) is 0.500. The SMILES string of the molecule is CCOC(=O)c1c(NC(=S)N2CCN(Cc3cn(C)nc3C)CC2)sc2c1CCCCCC2. The molecule has 0 aromatic carbocycles. The van der Waals surface area contributed by atoms with Crippen LogP contribution in [0.25, 0.3) is 0 Å². The molecule has 0 saturated carbocycles. The average Bonchev–Trinajstić information content (AvgIpc) is 3.26. The van der Waals surface area contributed by atoms with E-state index in [1.165, 1.54) is 35.3 Å². The Morgan fingerprint density at radius 1 is 1.18 bits per heavy atom. The summed E-state index contributed by atoms with van der Waals surface area (Å²) < 4.78 is 7.31. The molecule has 1 N–H and O–H groups in total. The Labute approximate surface area is 206 Å². The number of piperazine rings is 1. The van der Waals surface area contributed by atoms with Crippen LogP contribution in [0.5, 0.6) is 0 Å². The fourth-order valence-electron chi connectivity index (χ4n) is 4.76. The number of aromatic nitrogens is 2. The van der Waals surface area contributed by atoms with Crippen LogP contribution in [0.2, 0.25) is 0 Å². The lowest BCUT2D eigenvalue weighted by molar-refractivity contribution is 0.0526. The number of nitrogens with zero attached hydrogens (tertiary/aromatic N) is 4. The third-order valence-electron chi connectivity index (χ3n) is 6.54. The van der Waals surface area contributed by atoms with Crippen molar-refractivity contribution in [2.75, 3.05) is 38.1 Å². The molecule has 0 atom stereocenters. The molecule has 4 rings (SSSR count). The second kappa shape index (κ2) is 11.0. The predicted molar refractivity (Wildman–Crippen MR) is 137 cm³/mol. The van der Waals surface area contributed by atoms with Crippen LogP contribution in [0.15, 0.2) is 6.20 Å². The molecule has 180 valence electrons. The molecule has 3 heterocycles. The lowest BCUT2D eigenvalue weighted by Crippen LogP contribution is -2.49. The van der Waals surface area contributed by atoms with E-state index in [9.17, 15) is 4.79 Å². The number of thiocarbonyl (C=S) groups is 1. The molecule has 0 bridgehead atoms. The Bertz CT molecular complexity index is 991. The van der Waals surface area contributed by atoms with Crippen molar-refractivity contribution in [3.63, 3.8) is 0 Å². The van der Waals surface area contributed by atoms with Crippen LogP contribution < -0.4 is 5.32 Å². The van der Waals surface area contributed by atoms with Gasteiger partial charge in [0.1, 0.15) is 5.00 Å². The first-order valence-corrected chi connectivity index (χ1v) is 13.3. The summed E-state index contributed by atoms with van der Waals surface area (Å²) in [6.45, 7) is 8.85. The van der Waals surface area contributed by atoms with Crippen LogP contribution in [-0.4, -0.2) is 63.4 Å². The number of fused-ring (bicyclic) bond motifs is 1. The van der Waals surface area contributed by atoms with Gasteiger partial charge in [0.15, 0.2) is 5.11 Å². The maximum absolute atomic E-state index is 12.9. The molecule has 0 amide bonds. The fourth-order valence-corrected chi connectivity index (χ4v) is 6.38. The summed E-state index contributed by atoms with van der Waals surface area (Å²) in [5.41, 5.74) is 4.27. The van der Waals surface area contributed by atoms with E-state index in [4.69, 9.17) is 17.0 Å². The first-order valence-electron chi connectivity index (χ1n) is 12.0. The van der Waals surface area contributed by atoms with Gasteiger partial charge in [-0.25, -0.2) is 4.79 Å². The number of carbonyl (C=O) groups is 1. The van der Waals surface area contributed by atoms with Crippen molar-refractivity contribution in [1.82, 2.24) is 19.6 Å². The Balaban J connectivity index is 1.42. The van der Waals surface area contributed by atoms with Gasteiger partial charge in [-0.15, -0.1) is 11.3 Å². The predicted octanol–water partition coefficient (Wildman–Crippen LogP) is 4.14. The van der Waals surface area contributed by atoms with Gasteiger partial charge < -0.3 is 15.0 Å². The largest absolute Gasteiger partial charge is 0.462 e. The third kappa shape index (κ3) is 5.75. The summed E-state index contributed by atoms with van der Waals surface area (Å²) in [6.07, 6.45) is 8.87. The molecule has 2 aliphatic rings. The van der Waals surface area contributed by atoms with Crippen molar-refractivity contribution in [3.8, 4) is 0 Å². The van der Waals surface area contributed by atoms with Crippen molar-refractivity contribution in [1.29, 1.82) is 0 Å². The number of esters is 1. The minimum absolute atomic E-state index is 0.225. The van der Waals surface area contributed by atoms with E-state index in [1.54, 1.807) is 11.3 Å². The van der Waals surface area contributed by atoms with E-state index in [2.05, 4.69) is 33.3 Å². The van der Waals surface area contributed by atoms with Gasteiger partial charge in [0.05, 0.1) is 17.9 Å². The summed E-state index contributed by atoms with van der Waals surface area (Å²) in [5, 5.41) is 9.45. The van der Waals surface area contributed by atoms with Gasteiger partial charge in [-0.3, -0.25) is 9.58 Å². The molecule has 0 radical (unpaired) electrons. The molecule has 1 aliphatic heterocycles. The normalized spacial score (nSPS) is 17.2. The van der Waals surface area contributed by atoms with Crippen molar-refractivity contribution >= 4 is 39.6 Å². The van der Waals surface area contributed by atoms with Crippen molar-refractivity contribution in [2.45, 2.75) is 58.9 Å². The Kier molecular flexibility index (Phi) is 8.03. The minimum Gasteiger partial charge on any atom is -0.462 e. The fraction of sp³-hybridized carbons (Fsp3) is 0.625. The van der Waals surface area contributed by atoms with Crippen LogP contribution in [0, 0.1) is 6.92 Å². The van der Waals surface area contributed by atoms with Crippen LogP contribution in [-0.2, 0) is 31.2 Å². The van der Waals surface area contributed by atoms with Gasteiger partial charge in [-0.1, -0.05) is 12.8 Å². The molecule has 2 aromatic rings. The minimum atomic E-state index is -0.225. The molecule has 1 aliphatic carbocycles. The molecule has 1 fully saturated rings. The number of hydrogen-bond donors (Lipinski definition) is 1. The van der Waals surface area contributed by atoms with Gasteiger partial charge in [0, 0.05) is 56.4 Å². The van der Waals surface area contributed by atoms with Gasteiger partial charge in [-0.2, -0.15) is 5.10 Å². The summed E-state index contributed by atoms with van der Waals surface area (Å²) in [7, 11) is 1.97. The highest BCUT2D eigenvalue weighted by atomic mass is 32.1. The lowest BCUT2D eigenvalue weighted by atomic mass is 9.96. The van der Waals surface area contributed by atoms with Crippen molar-refractivity contribution in [2.24, 2.45) is 7.05 Å². The molecule has 7 nitrogen and oxygen atoms in total. The standard InChI is InChI=1S/C24H35N5O2S2/c1-4-31-23(30)21-19-9-7-5-6-8-10-20(19)33-22(21)25-24(32)29-13-11-28(12-14-29)16-18-15-27(3)26-17(18)2/h15H,4-14,16H2,1-3H3,(H,25,32). The average molecular weight is 490 g/mol. The topological polar surface area (TPSA) is 62.6 Å². The molecule has 0 unspecified atom stereocenters. The second-order valence-electron chi connectivity index (χ2n) is 8.95. The summed E-state index contributed by atoms with van der Waals surface area (Å²) in [6, 6.07) is 0. The Hall–Kier alpha value is -1.97. The smallest absolute Gasteiger partial charge is 0.341 e. The summed E-state index contributed by atoms with van der Waals surface area (Å²) >= 11 is 7.48. The zero-order chi connectivity index (χ0) is 23.4. The highest BCUT2D eigenvalue weighted by molar-refractivity contribution is 7.80. The van der Waals surface area contributed by atoms with Crippen molar-refractivity contribution < 1.29 is 9.53 Å². The van der Waals surface area contributed by atoms with E-state index >= 15 is 0 Å². The van der Waals surface area contributed by atoms with E-state index in [0.717, 1.165) is 62.7 Å². The number of rotatable bonds is 5. The van der Waals surface area contributed by atoms with E-state index in [0.29, 0.717) is 17.3 Å². The number of anilines is 1. The Morgan fingerprint density at radius 3 is 2.58 bits per heavy atom. The molecule has 33 heavy (non-hydrogen) atoms. The lowest BCUT2D eigenvalue weighted by Gasteiger charge is -2.36. The number of ether oxygens (including phenoxy) is 1. The van der Waals surface area contributed by atoms with Gasteiger partial charge in [-0.05, 0) is 57.3 Å². The van der Waals surface area contributed by atoms with Crippen LogP contribution in [0.4, 0.5) is 5.00 Å². The van der Waals surface area contributed by atoms with Crippen LogP contribution >= 0.6 is 23.6 Å². The number of nitrogens with one attached hydrogen (secondary N) is 1. The first-order chi connectivity index (χ1) is 16.0. The third-order valence-corrected chi connectivity index (χ3v) is 8.11. The maximum atomic E-state index is 12.9. The monoisotopic (exact) mass is 489 g/mol. The van der Waals surface area contributed by atoms with Crippen molar-refractivity contribution in [3.05, 3.63) is 33.5 Å². The van der Waals surface area contributed by atoms with E-state index in [-0.39, 0.29) is 5.97 Å². The van der Waals surface area contributed by atoms with Gasteiger partial charge in [0.25, 0.3) is 0 Å². The van der Waals surface area contributed by atoms with Crippen LogP contribution in [0.3, 0.4) is 0 Å². The number of hydrogen-bond acceptors (Lipinski definition) is 6.